The Hall–Kier alpha value is -3.52. The minimum Gasteiger partial charge on any atom is -0.497 e. The van der Waals surface area contributed by atoms with Crippen molar-refractivity contribution in [1.29, 1.82) is 0 Å². The van der Waals surface area contributed by atoms with Crippen molar-refractivity contribution in [1.82, 2.24) is 10.2 Å². The van der Waals surface area contributed by atoms with Crippen LogP contribution in [0.5, 0.6) is 5.75 Å². The number of rotatable bonds is 6. The van der Waals surface area contributed by atoms with E-state index in [2.05, 4.69) is 20.8 Å². The summed E-state index contributed by atoms with van der Waals surface area (Å²) >= 11 is 1.26. The van der Waals surface area contributed by atoms with Crippen molar-refractivity contribution < 1.29 is 14.3 Å². The van der Waals surface area contributed by atoms with Gasteiger partial charge in [-0.25, -0.2) is 0 Å². The third-order valence-corrected chi connectivity index (χ3v) is 4.62. The second-order valence-electron chi connectivity index (χ2n) is 5.63. The lowest BCUT2D eigenvalue weighted by molar-refractivity contribution is -0.111. The molecule has 0 aliphatic rings. The molecule has 0 saturated heterocycles. The highest BCUT2D eigenvalue weighted by Gasteiger charge is 2.15. The first kappa shape index (κ1) is 19.2. The molecule has 2 aromatic carbocycles. The number of nitrogens with zero attached hydrogens (tertiary/aromatic N) is 2. The van der Waals surface area contributed by atoms with Crippen LogP contribution in [0.2, 0.25) is 0 Å². The zero-order valence-corrected chi connectivity index (χ0v) is 16.1. The Morgan fingerprint density at radius 1 is 1.04 bits per heavy atom. The molecule has 0 atom stereocenters. The molecule has 0 saturated carbocycles. The SMILES string of the molecule is C/C=C/C(=O)Nc1ccccc1C(=O)Nc1nnc(-c2ccc(OC)cc2)s1. The zero-order valence-electron chi connectivity index (χ0n) is 15.3. The number of anilines is 2. The Balaban J connectivity index is 1.75. The molecular weight excluding hydrogens is 376 g/mol. The lowest BCUT2D eigenvalue weighted by atomic mass is 10.1. The number of carbonyl (C=O) groups excluding carboxylic acids is 2. The first-order valence-electron chi connectivity index (χ1n) is 8.42. The highest BCUT2D eigenvalue weighted by Crippen LogP contribution is 2.28. The van der Waals surface area contributed by atoms with Crippen LogP contribution < -0.4 is 15.4 Å². The second-order valence-corrected chi connectivity index (χ2v) is 6.61. The van der Waals surface area contributed by atoms with Crippen LogP contribution in [0.25, 0.3) is 10.6 Å². The van der Waals surface area contributed by atoms with Gasteiger partial charge >= 0.3 is 0 Å². The molecule has 0 aliphatic carbocycles. The minimum absolute atomic E-state index is 0.305. The van der Waals surface area contributed by atoms with Crippen LogP contribution >= 0.6 is 11.3 Å². The average molecular weight is 394 g/mol. The van der Waals surface area contributed by atoms with Crippen LogP contribution in [0.3, 0.4) is 0 Å². The Bertz CT molecular complexity index is 1010. The summed E-state index contributed by atoms with van der Waals surface area (Å²) in [5.41, 5.74) is 1.63. The Kier molecular flexibility index (Phi) is 6.13. The molecule has 0 spiro atoms. The van der Waals surface area contributed by atoms with Crippen molar-refractivity contribution in [3.63, 3.8) is 0 Å². The summed E-state index contributed by atoms with van der Waals surface area (Å²) in [6.07, 6.45) is 3.01. The van der Waals surface area contributed by atoms with Gasteiger partial charge in [0.25, 0.3) is 5.91 Å². The normalized spacial score (nSPS) is 10.6. The molecule has 3 rings (SSSR count). The van der Waals surface area contributed by atoms with Gasteiger partial charge in [-0.1, -0.05) is 29.5 Å². The van der Waals surface area contributed by atoms with Gasteiger partial charge in [-0.15, -0.1) is 10.2 Å². The molecule has 7 nitrogen and oxygen atoms in total. The van der Waals surface area contributed by atoms with Gasteiger partial charge in [-0.2, -0.15) is 0 Å². The van der Waals surface area contributed by atoms with Crippen molar-refractivity contribution in [3.8, 4) is 16.3 Å². The Morgan fingerprint density at radius 3 is 2.50 bits per heavy atom. The van der Waals surface area contributed by atoms with Crippen LogP contribution in [-0.2, 0) is 4.79 Å². The van der Waals surface area contributed by atoms with E-state index in [4.69, 9.17) is 4.74 Å². The van der Waals surface area contributed by atoms with Gasteiger partial charge in [-0.3, -0.25) is 14.9 Å². The van der Waals surface area contributed by atoms with E-state index in [-0.39, 0.29) is 11.8 Å². The average Bonchev–Trinajstić information content (AvgIpc) is 3.17. The minimum atomic E-state index is -0.381. The number of para-hydroxylation sites is 1. The number of methoxy groups -OCH3 is 1. The Labute approximate surface area is 166 Å². The first-order chi connectivity index (χ1) is 13.6. The number of aromatic nitrogens is 2. The van der Waals surface area contributed by atoms with Crippen molar-refractivity contribution in [2.45, 2.75) is 6.92 Å². The van der Waals surface area contributed by atoms with Gasteiger partial charge in [0.1, 0.15) is 10.8 Å². The standard InChI is InChI=1S/C20H18N4O3S/c1-3-6-17(25)21-16-8-5-4-7-15(16)18(26)22-20-24-23-19(28-20)13-9-11-14(27-2)12-10-13/h3-12H,1-2H3,(H,21,25)(H,22,24,26)/b6-3+. The van der Waals surface area contributed by atoms with Gasteiger partial charge in [-0.05, 0) is 49.4 Å². The van der Waals surface area contributed by atoms with E-state index in [0.29, 0.717) is 21.4 Å². The summed E-state index contributed by atoms with van der Waals surface area (Å²) in [6.45, 7) is 1.74. The number of hydrogen-bond acceptors (Lipinski definition) is 6. The molecule has 2 N–H and O–H groups in total. The quantitative estimate of drug-likeness (QED) is 0.617. The fourth-order valence-electron chi connectivity index (χ4n) is 2.40. The largest absolute Gasteiger partial charge is 0.497 e. The maximum Gasteiger partial charge on any atom is 0.259 e. The fraction of sp³-hybridized carbons (Fsp3) is 0.100. The van der Waals surface area contributed by atoms with Gasteiger partial charge in [0.15, 0.2) is 0 Å². The number of benzene rings is 2. The number of carbonyl (C=O) groups is 2. The molecule has 1 heterocycles. The molecule has 0 unspecified atom stereocenters. The van der Waals surface area contributed by atoms with Gasteiger partial charge in [0.2, 0.25) is 11.0 Å². The van der Waals surface area contributed by atoms with Crippen LogP contribution in [0.15, 0.2) is 60.7 Å². The van der Waals surface area contributed by atoms with E-state index >= 15 is 0 Å². The van der Waals surface area contributed by atoms with Gasteiger partial charge in [0, 0.05) is 5.56 Å². The summed E-state index contributed by atoms with van der Waals surface area (Å²) in [5, 5.41) is 14.6. The summed E-state index contributed by atoms with van der Waals surface area (Å²) in [5.74, 6) is 0.0626. The van der Waals surface area contributed by atoms with Gasteiger partial charge in [0.05, 0.1) is 18.4 Å². The predicted octanol–water partition coefficient (Wildman–Crippen LogP) is 3.98. The number of ether oxygens (including phenoxy) is 1. The molecule has 0 radical (unpaired) electrons. The van der Waals surface area contributed by atoms with Crippen molar-refractivity contribution >= 4 is 34.0 Å². The lowest BCUT2D eigenvalue weighted by Crippen LogP contribution is -2.16. The first-order valence-corrected chi connectivity index (χ1v) is 9.24. The topological polar surface area (TPSA) is 93.2 Å². The number of nitrogens with one attached hydrogen (secondary N) is 2. The van der Waals surface area contributed by atoms with E-state index in [9.17, 15) is 9.59 Å². The highest BCUT2D eigenvalue weighted by atomic mass is 32.1. The maximum absolute atomic E-state index is 12.6. The third kappa shape index (κ3) is 4.60. The molecule has 8 heteroatoms. The summed E-state index contributed by atoms with van der Waals surface area (Å²) in [4.78, 5) is 24.4. The maximum atomic E-state index is 12.6. The smallest absolute Gasteiger partial charge is 0.259 e. The van der Waals surface area contributed by atoms with Crippen LogP contribution in [-0.4, -0.2) is 29.1 Å². The van der Waals surface area contributed by atoms with Gasteiger partial charge < -0.3 is 10.1 Å². The van der Waals surface area contributed by atoms with E-state index in [1.54, 1.807) is 44.4 Å². The van der Waals surface area contributed by atoms with Crippen molar-refractivity contribution in [2.24, 2.45) is 0 Å². The molecule has 0 fully saturated rings. The van der Waals surface area contributed by atoms with E-state index < -0.39 is 0 Å². The molecule has 1 aromatic heterocycles. The fourth-order valence-corrected chi connectivity index (χ4v) is 3.15. The summed E-state index contributed by atoms with van der Waals surface area (Å²) < 4.78 is 5.14. The van der Waals surface area contributed by atoms with Crippen LogP contribution in [0, 0.1) is 0 Å². The Morgan fingerprint density at radius 2 is 1.79 bits per heavy atom. The molecule has 0 bridgehead atoms. The number of hydrogen-bond donors (Lipinski definition) is 2. The molecule has 3 aromatic rings. The molecular formula is C20H18N4O3S. The van der Waals surface area contributed by atoms with Crippen LogP contribution in [0.4, 0.5) is 10.8 Å². The predicted molar refractivity (Wildman–Crippen MR) is 110 cm³/mol. The van der Waals surface area contributed by atoms with Crippen molar-refractivity contribution in [3.05, 3.63) is 66.2 Å². The van der Waals surface area contributed by atoms with E-state index in [1.165, 1.54) is 17.4 Å². The molecule has 142 valence electrons. The van der Waals surface area contributed by atoms with Crippen LogP contribution in [0.1, 0.15) is 17.3 Å². The van der Waals surface area contributed by atoms with E-state index in [0.717, 1.165) is 11.3 Å². The monoisotopic (exact) mass is 394 g/mol. The summed E-state index contributed by atoms with van der Waals surface area (Å²) in [7, 11) is 1.60. The zero-order chi connectivity index (χ0) is 19.9. The lowest BCUT2D eigenvalue weighted by Gasteiger charge is -2.08. The second kappa shape index (κ2) is 8.92. The van der Waals surface area contributed by atoms with Crippen molar-refractivity contribution in [2.75, 3.05) is 17.7 Å². The highest BCUT2D eigenvalue weighted by molar-refractivity contribution is 7.18. The number of allylic oxidation sites excluding steroid dienone is 1. The third-order valence-electron chi connectivity index (χ3n) is 3.73. The molecule has 2 amide bonds. The molecule has 0 aliphatic heterocycles. The summed E-state index contributed by atoms with van der Waals surface area (Å²) in [6, 6.07) is 14.2. The van der Waals surface area contributed by atoms with E-state index in [1.807, 2.05) is 24.3 Å². The molecule has 28 heavy (non-hydrogen) atoms. The number of amides is 2.